The molecule has 0 N–H and O–H groups in total. The lowest BCUT2D eigenvalue weighted by atomic mass is 9.78. The number of hydrogen-bond acceptors (Lipinski definition) is 2. The number of nitrogens with zero attached hydrogens (tertiary/aromatic N) is 5. The van der Waals surface area contributed by atoms with Crippen LogP contribution in [-0.2, 0) is 22.7 Å². The van der Waals surface area contributed by atoms with Crippen molar-refractivity contribution in [2.75, 3.05) is 0 Å². The highest BCUT2D eigenvalue weighted by Crippen LogP contribution is 2.42. The fourth-order valence-corrected chi connectivity index (χ4v) is 12.6. The molecule has 0 atom stereocenters. The van der Waals surface area contributed by atoms with E-state index in [1.54, 1.807) is 0 Å². The van der Waals surface area contributed by atoms with Gasteiger partial charge in [0.05, 0.1) is 44.5 Å². The molecule has 0 fully saturated rings. The number of imidazole rings is 1. The molecule has 0 spiro atoms. The van der Waals surface area contributed by atoms with Gasteiger partial charge in [-0.25, -0.2) is 4.98 Å². The van der Waals surface area contributed by atoms with Crippen LogP contribution in [0.25, 0.3) is 99.8 Å². The first-order valence-corrected chi connectivity index (χ1v) is 29.3. The van der Waals surface area contributed by atoms with Gasteiger partial charge in [-0.05, 0) is 140 Å². The third kappa shape index (κ3) is 9.32. The van der Waals surface area contributed by atoms with Gasteiger partial charge in [0, 0.05) is 39.5 Å². The highest BCUT2D eigenvalue weighted by Gasteiger charge is 2.26. The average molecular weight is 1090 g/mol. The van der Waals surface area contributed by atoms with Gasteiger partial charge in [-0.3, -0.25) is 13.7 Å². The Hall–Kier alpha value is -9.78. The predicted molar refractivity (Wildman–Crippen MR) is 348 cm³/mol. The van der Waals surface area contributed by atoms with E-state index in [2.05, 4.69) is 317 Å². The average Bonchev–Trinajstić information content (AvgIpc) is 1.94. The quantitative estimate of drug-likeness (QED) is 0.0957. The van der Waals surface area contributed by atoms with E-state index in [1.807, 2.05) is 12.3 Å². The van der Waals surface area contributed by atoms with Gasteiger partial charge in [0.15, 0.2) is 0 Å². The summed E-state index contributed by atoms with van der Waals surface area (Å²) < 4.78 is 16.2. The summed E-state index contributed by atoms with van der Waals surface area (Å²) in [6.45, 7) is 18.5. The lowest BCUT2D eigenvalue weighted by molar-refractivity contribution is -0.571. The van der Waals surface area contributed by atoms with Crippen molar-refractivity contribution >= 4 is 54.6 Å². The summed E-state index contributed by atoms with van der Waals surface area (Å²) in [5.41, 5.74) is 19.1. The van der Waals surface area contributed by atoms with Crippen molar-refractivity contribution < 1.29 is 9.30 Å². The van der Waals surface area contributed by atoms with E-state index in [0.717, 1.165) is 84.6 Å². The number of rotatable bonds is 11. The molecule has 0 unspecified atom stereocenters. The van der Waals surface area contributed by atoms with Crippen LogP contribution in [0.5, 0.6) is 11.5 Å². The molecule has 0 amide bonds. The Kier molecular flexibility index (Phi) is 12.6. The first kappa shape index (κ1) is 52.3. The molecule has 4 heterocycles. The third-order valence-corrected chi connectivity index (χ3v) is 17.0. The Bertz CT molecular complexity index is 4750. The molecule has 14 aromatic rings. The van der Waals surface area contributed by atoms with E-state index in [-0.39, 0.29) is 16.2 Å². The smallest absolute Gasteiger partial charge is 0.269 e. The van der Waals surface area contributed by atoms with Crippen LogP contribution < -0.4 is 9.30 Å². The molecule has 10 aromatic carbocycles. The maximum Gasteiger partial charge on any atom is 0.269 e. The molecule has 0 radical (unpaired) electrons. The minimum absolute atomic E-state index is 0.0530. The van der Waals surface area contributed by atoms with E-state index in [9.17, 15) is 0 Å². The number of benzene rings is 10. The zero-order valence-electron chi connectivity index (χ0n) is 49.0. The Balaban J connectivity index is 0.894. The molecule has 410 valence electrons. The number of ether oxygens (including phenoxy) is 1. The van der Waals surface area contributed by atoms with Gasteiger partial charge < -0.3 is 9.30 Å². The standard InChI is InChI=1S/C78H67N5O/c1-76(2,3)56-44-54(45-57(46-56)77(4,5)6)63-32-22-31-62(53-23-11-9-12-24-53)75(63)81-51-80(71-35-19-20-36-72(71)81)58-27-21-28-60(47-58)84-61-38-39-66-67-48-59(82-68-33-17-15-29-64(68)65-30-16-18-34-69(65)82)37-40-70(67)83(73(66)49-61)74-43-52(41-42-79-74)50-78(7,8)55-25-13-10-14-26-55/h9-49H,50H2,1-8H3. The van der Waals surface area contributed by atoms with Crippen molar-refractivity contribution in [3.05, 3.63) is 277 Å². The van der Waals surface area contributed by atoms with Gasteiger partial charge >= 0.3 is 0 Å². The number of para-hydroxylation sites is 5. The topological polar surface area (TPSA) is 40.8 Å². The Morgan fingerprint density at radius 3 is 1.71 bits per heavy atom. The van der Waals surface area contributed by atoms with Crippen molar-refractivity contribution in [1.82, 2.24) is 18.7 Å². The minimum Gasteiger partial charge on any atom is -0.458 e. The molecule has 6 nitrogen and oxygen atoms in total. The molecule has 0 saturated heterocycles. The summed E-state index contributed by atoms with van der Waals surface area (Å²) in [6, 6.07) is 87.6. The summed E-state index contributed by atoms with van der Waals surface area (Å²) in [7, 11) is 0. The van der Waals surface area contributed by atoms with Crippen molar-refractivity contribution in [2.24, 2.45) is 0 Å². The number of pyridine rings is 1. The predicted octanol–water partition coefficient (Wildman–Crippen LogP) is 19.5. The molecule has 0 aliphatic heterocycles. The first-order chi connectivity index (χ1) is 40.6. The Labute approximate surface area is 492 Å². The second kappa shape index (κ2) is 20.3. The molecule has 14 rings (SSSR count). The van der Waals surface area contributed by atoms with Crippen molar-refractivity contribution in [2.45, 2.75) is 78.1 Å². The maximum atomic E-state index is 7.02. The van der Waals surface area contributed by atoms with Crippen LogP contribution in [0.2, 0.25) is 0 Å². The largest absolute Gasteiger partial charge is 0.458 e. The van der Waals surface area contributed by atoms with Gasteiger partial charge in [-0.1, -0.05) is 219 Å². The van der Waals surface area contributed by atoms with Gasteiger partial charge in [-0.2, -0.15) is 0 Å². The molecule has 0 bridgehead atoms. The zero-order chi connectivity index (χ0) is 57.5. The van der Waals surface area contributed by atoms with E-state index in [4.69, 9.17) is 9.72 Å². The number of hydrogen-bond donors (Lipinski definition) is 0. The van der Waals surface area contributed by atoms with Gasteiger partial charge in [0.25, 0.3) is 6.33 Å². The van der Waals surface area contributed by atoms with Crippen LogP contribution in [-0.4, -0.2) is 18.7 Å². The normalized spacial score (nSPS) is 12.3. The zero-order valence-corrected chi connectivity index (χ0v) is 49.0. The van der Waals surface area contributed by atoms with Crippen molar-refractivity contribution in [3.63, 3.8) is 0 Å². The van der Waals surface area contributed by atoms with Crippen LogP contribution in [0.1, 0.15) is 77.6 Å². The summed E-state index contributed by atoms with van der Waals surface area (Å²) in [4.78, 5) is 5.13. The van der Waals surface area contributed by atoms with Crippen LogP contribution in [0.15, 0.2) is 249 Å². The molecule has 4 aromatic heterocycles. The molecule has 6 heteroatoms. The Morgan fingerprint density at radius 2 is 1.01 bits per heavy atom. The van der Waals surface area contributed by atoms with E-state index in [0.29, 0.717) is 5.75 Å². The van der Waals surface area contributed by atoms with Gasteiger partial charge in [0.2, 0.25) is 0 Å². The minimum atomic E-state index is -0.0941. The fraction of sp³-hybridized carbons (Fsp3) is 0.154. The second-order valence-electron chi connectivity index (χ2n) is 25.3. The lowest BCUT2D eigenvalue weighted by Crippen LogP contribution is -2.31. The highest BCUT2D eigenvalue weighted by atomic mass is 16.5. The van der Waals surface area contributed by atoms with Crippen LogP contribution in [0.4, 0.5) is 0 Å². The highest BCUT2D eigenvalue weighted by molar-refractivity contribution is 6.12. The first-order valence-electron chi connectivity index (χ1n) is 29.3. The monoisotopic (exact) mass is 1090 g/mol. The third-order valence-electron chi connectivity index (χ3n) is 17.0. The summed E-state index contributed by atoms with van der Waals surface area (Å²) in [6.07, 6.45) is 6.73. The molecule has 0 aliphatic carbocycles. The van der Waals surface area contributed by atoms with Crippen molar-refractivity contribution in [3.8, 4) is 56.6 Å². The molecule has 0 aliphatic rings. The summed E-state index contributed by atoms with van der Waals surface area (Å²) in [5, 5.41) is 4.71. The second-order valence-corrected chi connectivity index (χ2v) is 25.3. The summed E-state index contributed by atoms with van der Waals surface area (Å²) >= 11 is 0. The van der Waals surface area contributed by atoms with Gasteiger partial charge in [-0.15, -0.1) is 0 Å². The maximum absolute atomic E-state index is 7.02. The fourth-order valence-electron chi connectivity index (χ4n) is 12.6. The van der Waals surface area contributed by atoms with Crippen molar-refractivity contribution in [1.29, 1.82) is 0 Å². The molecular formula is C78H67N5O. The number of aromatic nitrogens is 5. The van der Waals surface area contributed by atoms with E-state index < -0.39 is 0 Å². The van der Waals surface area contributed by atoms with Crippen LogP contribution in [0, 0.1) is 6.33 Å². The van der Waals surface area contributed by atoms with Crippen LogP contribution in [0.3, 0.4) is 0 Å². The SMILES string of the molecule is CC(C)(C)c1cc(-c2cccc(-c3ccccc3)c2-[n+]2[c-]n(-c3cccc(Oc4ccc5c6cc(-n7c8ccccc8c8ccccc87)ccc6n(-c6cc(CC(C)(C)c7ccccc7)ccn6)c5c4)c3)c3ccccc32)cc(C(C)(C)C)c1. The lowest BCUT2D eigenvalue weighted by Gasteiger charge is -2.27. The molecule has 0 saturated carbocycles. The molecular weight excluding hydrogens is 1020 g/mol. The van der Waals surface area contributed by atoms with Crippen LogP contribution >= 0.6 is 0 Å². The number of fused-ring (bicyclic) bond motifs is 7. The van der Waals surface area contributed by atoms with E-state index in [1.165, 1.54) is 49.6 Å². The Morgan fingerprint density at radius 1 is 0.417 bits per heavy atom. The van der Waals surface area contributed by atoms with E-state index >= 15 is 0 Å². The van der Waals surface area contributed by atoms with Gasteiger partial charge in [0.1, 0.15) is 17.3 Å². The summed E-state index contributed by atoms with van der Waals surface area (Å²) in [5.74, 6) is 2.29. The molecule has 84 heavy (non-hydrogen) atoms.